The van der Waals surface area contributed by atoms with Gasteiger partial charge in [-0.2, -0.15) is 0 Å². The number of nitrogens with one attached hydrogen (secondary N) is 2. The van der Waals surface area contributed by atoms with Crippen LogP contribution in [0.1, 0.15) is 45.1 Å². The van der Waals surface area contributed by atoms with Crippen LogP contribution in [-0.4, -0.2) is 39.2 Å². The molecule has 1 aliphatic rings. The molecule has 0 spiro atoms. The molecule has 0 bridgehead atoms. The minimum Gasteiger partial charge on any atom is -0.381 e. The molecular formula is C16H24N6O3. The summed E-state index contributed by atoms with van der Waals surface area (Å²) < 4.78 is 12.6. The maximum Gasteiger partial charge on any atom is 0.322 e. The summed E-state index contributed by atoms with van der Waals surface area (Å²) in [4.78, 5) is 16.6. The Morgan fingerprint density at radius 1 is 1.32 bits per heavy atom. The number of hydrogen-bond donors (Lipinski definition) is 2. The number of urea groups is 1. The van der Waals surface area contributed by atoms with E-state index in [0.29, 0.717) is 31.8 Å². The fourth-order valence-electron chi connectivity index (χ4n) is 2.74. The first-order valence-electron chi connectivity index (χ1n) is 8.31. The van der Waals surface area contributed by atoms with Crippen molar-refractivity contribution in [2.45, 2.75) is 51.6 Å². The Morgan fingerprint density at radius 3 is 2.60 bits per heavy atom. The summed E-state index contributed by atoms with van der Waals surface area (Å²) in [6.07, 6.45) is 2.82. The second-order valence-electron chi connectivity index (χ2n) is 7.29. The maximum atomic E-state index is 12.5. The second-order valence-corrected chi connectivity index (χ2v) is 7.29. The van der Waals surface area contributed by atoms with Gasteiger partial charge in [-0.25, -0.2) is 14.5 Å². The standard InChI is InChI=1S/C16H24N6O3/c1-11-9-12(25-21-11)16(5-7-24-8-6-16)19-14(23)18-13-17-10-22(20-13)15(2,3)4/h9-10H,5-8H2,1-4H3,(H2,18,19,20,23). The number of aromatic nitrogens is 4. The van der Waals surface area contributed by atoms with Crippen molar-refractivity contribution in [3.05, 3.63) is 23.8 Å². The molecule has 1 aliphatic heterocycles. The molecule has 25 heavy (non-hydrogen) atoms. The van der Waals surface area contributed by atoms with Gasteiger partial charge in [0, 0.05) is 32.1 Å². The average molecular weight is 348 g/mol. The second kappa shape index (κ2) is 6.47. The molecule has 2 aromatic heterocycles. The van der Waals surface area contributed by atoms with E-state index in [2.05, 4.69) is 25.9 Å². The highest BCUT2D eigenvalue weighted by Crippen LogP contribution is 2.32. The molecule has 0 aliphatic carbocycles. The van der Waals surface area contributed by atoms with Crippen molar-refractivity contribution in [1.29, 1.82) is 0 Å². The van der Waals surface area contributed by atoms with Gasteiger partial charge in [-0.3, -0.25) is 5.32 Å². The number of carbonyl (C=O) groups is 1. The zero-order valence-electron chi connectivity index (χ0n) is 15.0. The Balaban J connectivity index is 1.74. The summed E-state index contributed by atoms with van der Waals surface area (Å²) in [6.45, 7) is 8.95. The predicted molar refractivity (Wildman–Crippen MR) is 90.1 cm³/mol. The monoisotopic (exact) mass is 348 g/mol. The Kier molecular flexibility index (Phi) is 4.51. The first-order valence-corrected chi connectivity index (χ1v) is 8.31. The number of nitrogens with zero attached hydrogens (tertiary/aromatic N) is 4. The van der Waals surface area contributed by atoms with Crippen LogP contribution in [-0.2, 0) is 15.8 Å². The third kappa shape index (κ3) is 3.81. The highest BCUT2D eigenvalue weighted by atomic mass is 16.5. The van der Waals surface area contributed by atoms with Crippen molar-refractivity contribution >= 4 is 12.0 Å². The van der Waals surface area contributed by atoms with Gasteiger partial charge < -0.3 is 14.6 Å². The number of carbonyl (C=O) groups excluding carboxylic acids is 1. The largest absolute Gasteiger partial charge is 0.381 e. The van der Waals surface area contributed by atoms with Crippen LogP contribution < -0.4 is 10.6 Å². The summed E-state index contributed by atoms with van der Waals surface area (Å²) in [7, 11) is 0. The van der Waals surface area contributed by atoms with Gasteiger partial charge >= 0.3 is 6.03 Å². The molecule has 0 saturated carbocycles. The molecule has 136 valence electrons. The van der Waals surface area contributed by atoms with Gasteiger partial charge in [0.1, 0.15) is 11.9 Å². The van der Waals surface area contributed by atoms with Gasteiger partial charge in [0.2, 0.25) is 5.95 Å². The Morgan fingerprint density at radius 2 is 2.04 bits per heavy atom. The number of rotatable bonds is 3. The van der Waals surface area contributed by atoms with E-state index in [4.69, 9.17) is 9.26 Å². The van der Waals surface area contributed by atoms with Crippen molar-refractivity contribution in [2.75, 3.05) is 18.5 Å². The van der Waals surface area contributed by atoms with Crippen LogP contribution in [0.5, 0.6) is 0 Å². The van der Waals surface area contributed by atoms with Gasteiger partial charge in [0.25, 0.3) is 0 Å². The van der Waals surface area contributed by atoms with Crippen molar-refractivity contribution < 1.29 is 14.1 Å². The molecule has 3 heterocycles. The van der Waals surface area contributed by atoms with Gasteiger partial charge in [-0.1, -0.05) is 5.16 Å². The van der Waals surface area contributed by atoms with Gasteiger partial charge in [0.15, 0.2) is 5.76 Å². The van der Waals surface area contributed by atoms with Crippen LogP contribution in [0.4, 0.5) is 10.7 Å². The van der Waals surface area contributed by atoms with Crippen LogP contribution in [0.15, 0.2) is 16.9 Å². The van der Waals surface area contributed by atoms with E-state index in [1.54, 1.807) is 11.0 Å². The van der Waals surface area contributed by atoms with E-state index in [9.17, 15) is 4.79 Å². The topological polar surface area (TPSA) is 107 Å². The molecular weight excluding hydrogens is 324 g/mol. The van der Waals surface area contributed by atoms with Crippen molar-refractivity contribution in [3.8, 4) is 0 Å². The lowest BCUT2D eigenvalue weighted by atomic mass is 9.87. The summed E-state index contributed by atoms with van der Waals surface area (Å²) in [5.41, 5.74) is -0.0764. The molecule has 9 nitrogen and oxygen atoms in total. The molecule has 1 fully saturated rings. The lowest BCUT2D eigenvalue weighted by Crippen LogP contribution is -2.50. The molecule has 9 heteroatoms. The van der Waals surface area contributed by atoms with Crippen molar-refractivity contribution in [1.82, 2.24) is 25.2 Å². The lowest BCUT2D eigenvalue weighted by molar-refractivity contribution is 0.0307. The first-order chi connectivity index (χ1) is 11.8. The normalized spacial score (nSPS) is 17.3. The van der Waals surface area contributed by atoms with Gasteiger partial charge in [-0.05, 0) is 27.7 Å². The Labute approximate surface area is 146 Å². The molecule has 0 unspecified atom stereocenters. The molecule has 0 aromatic carbocycles. The van der Waals surface area contributed by atoms with E-state index < -0.39 is 5.54 Å². The van der Waals surface area contributed by atoms with Crippen LogP contribution in [0.3, 0.4) is 0 Å². The van der Waals surface area contributed by atoms with Crippen LogP contribution in [0.2, 0.25) is 0 Å². The fourth-order valence-corrected chi connectivity index (χ4v) is 2.74. The molecule has 2 N–H and O–H groups in total. The number of anilines is 1. The molecule has 0 atom stereocenters. The van der Waals surface area contributed by atoms with Gasteiger partial charge in [-0.15, -0.1) is 5.10 Å². The fraction of sp³-hybridized carbons (Fsp3) is 0.625. The van der Waals surface area contributed by atoms with E-state index in [-0.39, 0.29) is 17.5 Å². The third-order valence-electron chi connectivity index (χ3n) is 4.20. The van der Waals surface area contributed by atoms with Gasteiger partial charge in [0.05, 0.1) is 11.2 Å². The minimum atomic E-state index is -0.643. The summed E-state index contributed by atoms with van der Waals surface area (Å²) in [5.74, 6) is 0.889. The quantitative estimate of drug-likeness (QED) is 0.880. The number of hydrogen-bond acceptors (Lipinski definition) is 6. The van der Waals surface area contributed by atoms with E-state index in [1.165, 1.54) is 0 Å². The predicted octanol–water partition coefficient (Wildman–Crippen LogP) is 2.16. The van der Waals surface area contributed by atoms with Crippen LogP contribution >= 0.6 is 0 Å². The summed E-state index contributed by atoms with van der Waals surface area (Å²) in [6, 6.07) is 1.46. The van der Waals surface area contributed by atoms with E-state index in [1.807, 2.05) is 33.8 Å². The molecule has 0 radical (unpaired) electrons. The molecule has 3 rings (SSSR count). The molecule has 2 amide bonds. The highest BCUT2D eigenvalue weighted by Gasteiger charge is 2.39. The zero-order chi connectivity index (χ0) is 18.1. The highest BCUT2D eigenvalue weighted by molar-refractivity contribution is 5.87. The zero-order valence-corrected chi connectivity index (χ0v) is 15.0. The lowest BCUT2D eigenvalue weighted by Gasteiger charge is -2.35. The van der Waals surface area contributed by atoms with Crippen molar-refractivity contribution in [3.63, 3.8) is 0 Å². The Hall–Kier alpha value is -2.42. The molecule has 1 saturated heterocycles. The van der Waals surface area contributed by atoms with Crippen LogP contribution in [0.25, 0.3) is 0 Å². The van der Waals surface area contributed by atoms with Crippen LogP contribution in [0, 0.1) is 6.92 Å². The average Bonchev–Trinajstić information content (AvgIpc) is 3.17. The summed E-state index contributed by atoms with van der Waals surface area (Å²) >= 11 is 0. The summed E-state index contributed by atoms with van der Waals surface area (Å²) in [5, 5.41) is 13.9. The Bertz CT molecular complexity index is 739. The minimum absolute atomic E-state index is 0.206. The molecule has 2 aromatic rings. The maximum absolute atomic E-state index is 12.5. The van der Waals surface area contributed by atoms with Crippen molar-refractivity contribution in [2.24, 2.45) is 0 Å². The SMILES string of the molecule is Cc1cc(C2(NC(=O)Nc3ncn(C(C)(C)C)n3)CCOCC2)on1. The smallest absolute Gasteiger partial charge is 0.322 e. The number of amides is 2. The first kappa shape index (κ1) is 17.4. The van der Waals surface area contributed by atoms with E-state index >= 15 is 0 Å². The van der Waals surface area contributed by atoms with E-state index in [0.717, 1.165) is 5.69 Å². The number of aryl methyl sites for hydroxylation is 1. The third-order valence-corrected chi connectivity index (χ3v) is 4.20. The number of ether oxygens (including phenoxy) is 1.